The van der Waals surface area contributed by atoms with Crippen molar-refractivity contribution in [1.82, 2.24) is 0 Å². The van der Waals surface area contributed by atoms with E-state index in [2.05, 4.69) is 73.0 Å². The lowest BCUT2D eigenvalue weighted by atomic mass is 9.96. The van der Waals surface area contributed by atoms with Crippen LogP contribution < -0.4 is 0 Å². The van der Waals surface area contributed by atoms with E-state index < -0.39 is 0 Å². The van der Waals surface area contributed by atoms with Crippen molar-refractivity contribution in [2.45, 2.75) is 11.3 Å². The smallest absolute Gasteiger partial charge is 0.0148 e. The lowest BCUT2D eigenvalue weighted by Crippen LogP contribution is -1.89. The molecule has 0 spiro atoms. The van der Waals surface area contributed by atoms with Gasteiger partial charge in [-0.15, -0.1) is 11.8 Å². The second-order valence-corrected chi connectivity index (χ2v) is 6.21. The van der Waals surface area contributed by atoms with Crippen LogP contribution in [0.1, 0.15) is 11.1 Å². The van der Waals surface area contributed by atoms with Gasteiger partial charge in [0.2, 0.25) is 0 Å². The quantitative estimate of drug-likeness (QED) is 0.430. The Morgan fingerprint density at radius 1 is 0.667 bits per heavy atom. The number of rotatable bonds is 2. The van der Waals surface area contributed by atoms with Crippen LogP contribution in [0.3, 0.4) is 0 Å². The van der Waals surface area contributed by atoms with Gasteiger partial charge in [-0.2, -0.15) is 0 Å². The molecule has 0 N–H and O–H groups in total. The molecule has 0 nitrogen and oxygen atoms in total. The second kappa shape index (κ2) is 5.09. The topological polar surface area (TPSA) is 0 Å². The first kappa shape index (κ1) is 12.7. The second-order valence-electron chi connectivity index (χ2n) is 5.37. The normalized spacial score (nSPS) is 12.0. The highest BCUT2D eigenvalue weighted by Crippen LogP contribution is 2.43. The third kappa shape index (κ3) is 2.00. The van der Waals surface area contributed by atoms with Crippen molar-refractivity contribution in [3.05, 3.63) is 77.9 Å². The molecule has 0 bridgehead atoms. The van der Waals surface area contributed by atoms with Crippen molar-refractivity contribution >= 4 is 11.8 Å². The third-order valence-corrected chi connectivity index (χ3v) is 5.04. The van der Waals surface area contributed by atoms with E-state index in [1.807, 2.05) is 11.8 Å². The van der Waals surface area contributed by atoms with Gasteiger partial charge in [-0.3, -0.25) is 0 Å². The van der Waals surface area contributed by atoms with Gasteiger partial charge in [0.1, 0.15) is 0 Å². The SMILES string of the molecule is CSc1ccccc1-c1cccc2c1Cc1ccccc1-2. The van der Waals surface area contributed by atoms with Crippen LogP contribution >= 0.6 is 11.8 Å². The van der Waals surface area contributed by atoms with E-state index in [0.717, 1.165) is 6.42 Å². The maximum Gasteiger partial charge on any atom is 0.0148 e. The number of thioether (sulfide) groups is 1. The van der Waals surface area contributed by atoms with Gasteiger partial charge in [0, 0.05) is 4.90 Å². The van der Waals surface area contributed by atoms with Crippen LogP contribution in [0.2, 0.25) is 0 Å². The number of benzene rings is 3. The largest absolute Gasteiger partial charge is 0.129 e. The minimum absolute atomic E-state index is 1.05. The van der Waals surface area contributed by atoms with Crippen LogP contribution in [0, 0.1) is 0 Å². The fourth-order valence-corrected chi connectivity index (χ4v) is 3.89. The van der Waals surface area contributed by atoms with Gasteiger partial charge in [-0.25, -0.2) is 0 Å². The molecule has 3 aromatic carbocycles. The molecule has 0 amide bonds. The number of hydrogen-bond acceptors (Lipinski definition) is 1. The van der Waals surface area contributed by atoms with E-state index in [0.29, 0.717) is 0 Å². The first-order valence-corrected chi connectivity index (χ1v) is 8.44. The molecule has 1 aliphatic rings. The van der Waals surface area contributed by atoms with E-state index in [1.54, 1.807) is 0 Å². The van der Waals surface area contributed by atoms with Gasteiger partial charge in [-0.1, -0.05) is 60.7 Å². The van der Waals surface area contributed by atoms with Gasteiger partial charge in [0.25, 0.3) is 0 Å². The molecule has 0 aromatic heterocycles. The third-order valence-electron chi connectivity index (χ3n) is 4.25. The van der Waals surface area contributed by atoms with Crippen molar-refractivity contribution < 1.29 is 0 Å². The summed E-state index contributed by atoms with van der Waals surface area (Å²) in [5.41, 5.74) is 8.46. The van der Waals surface area contributed by atoms with E-state index in [4.69, 9.17) is 0 Å². The zero-order valence-corrected chi connectivity index (χ0v) is 12.8. The number of hydrogen-bond donors (Lipinski definition) is 0. The van der Waals surface area contributed by atoms with E-state index in [1.165, 1.54) is 38.3 Å². The summed E-state index contributed by atoms with van der Waals surface area (Å²) in [6, 6.07) is 24.2. The van der Waals surface area contributed by atoms with E-state index in [9.17, 15) is 0 Å². The Morgan fingerprint density at radius 2 is 1.29 bits per heavy atom. The fraction of sp³-hybridized carbons (Fsp3) is 0.100. The summed E-state index contributed by atoms with van der Waals surface area (Å²) in [5, 5.41) is 0. The zero-order valence-electron chi connectivity index (χ0n) is 12.0. The Morgan fingerprint density at radius 3 is 2.10 bits per heavy atom. The fourth-order valence-electron chi connectivity index (χ4n) is 3.28. The molecule has 0 aliphatic heterocycles. The first-order chi connectivity index (χ1) is 10.4. The lowest BCUT2D eigenvalue weighted by Gasteiger charge is -2.12. The maximum absolute atomic E-state index is 2.26. The average Bonchev–Trinajstić information content (AvgIpc) is 2.93. The van der Waals surface area contributed by atoms with Crippen molar-refractivity contribution in [2.75, 3.05) is 6.26 Å². The van der Waals surface area contributed by atoms with Gasteiger partial charge in [-0.05, 0) is 52.1 Å². The maximum atomic E-state index is 2.26. The highest BCUT2D eigenvalue weighted by Gasteiger charge is 2.21. The summed E-state index contributed by atoms with van der Waals surface area (Å²) >= 11 is 1.82. The Bertz CT molecular complexity index is 818. The molecule has 102 valence electrons. The molecule has 21 heavy (non-hydrogen) atoms. The van der Waals surface area contributed by atoms with Crippen LogP contribution in [0.4, 0.5) is 0 Å². The highest BCUT2D eigenvalue weighted by atomic mass is 32.2. The highest BCUT2D eigenvalue weighted by molar-refractivity contribution is 7.98. The van der Waals surface area contributed by atoms with Gasteiger partial charge in [0.15, 0.2) is 0 Å². The van der Waals surface area contributed by atoms with Crippen LogP contribution in [-0.4, -0.2) is 6.26 Å². The molecule has 0 radical (unpaired) electrons. The monoisotopic (exact) mass is 288 g/mol. The van der Waals surface area contributed by atoms with Crippen LogP contribution in [0.15, 0.2) is 71.6 Å². The van der Waals surface area contributed by atoms with E-state index in [-0.39, 0.29) is 0 Å². The standard InChI is InChI=1S/C20H16S/c1-21-20-12-5-4-9-18(20)17-11-6-10-16-15-8-3-2-7-14(15)13-19(16)17/h2-12H,13H2,1H3. The molecule has 1 heteroatoms. The molecule has 0 saturated carbocycles. The van der Waals surface area contributed by atoms with Gasteiger partial charge in [0.05, 0.1) is 0 Å². The first-order valence-electron chi connectivity index (χ1n) is 7.22. The van der Waals surface area contributed by atoms with Crippen LogP contribution in [0.5, 0.6) is 0 Å². The molecule has 4 rings (SSSR count). The molecule has 0 fully saturated rings. The minimum Gasteiger partial charge on any atom is -0.129 e. The van der Waals surface area contributed by atoms with Crippen molar-refractivity contribution in [1.29, 1.82) is 0 Å². The Labute approximate surface area is 129 Å². The Hall–Kier alpha value is -1.99. The van der Waals surface area contributed by atoms with Crippen LogP contribution in [0.25, 0.3) is 22.3 Å². The predicted molar refractivity (Wildman–Crippen MR) is 91.9 cm³/mol. The van der Waals surface area contributed by atoms with E-state index >= 15 is 0 Å². The zero-order chi connectivity index (χ0) is 14.2. The Kier molecular flexibility index (Phi) is 3.08. The summed E-state index contributed by atoms with van der Waals surface area (Å²) in [6.45, 7) is 0. The summed E-state index contributed by atoms with van der Waals surface area (Å²) in [5.74, 6) is 0. The predicted octanol–water partition coefficient (Wildman–Crippen LogP) is 5.65. The molecule has 0 saturated heterocycles. The van der Waals surface area contributed by atoms with Gasteiger partial charge < -0.3 is 0 Å². The van der Waals surface area contributed by atoms with Crippen molar-refractivity contribution in [3.63, 3.8) is 0 Å². The molecular formula is C20H16S. The average molecular weight is 288 g/mol. The molecular weight excluding hydrogens is 272 g/mol. The molecule has 1 aliphatic carbocycles. The van der Waals surface area contributed by atoms with Crippen molar-refractivity contribution in [2.24, 2.45) is 0 Å². The summed E-state index contributed by atoms with van der Waals surface area (Å²) in [6.07, 6.45) is 3.20. The Balaban J connectivity index is 1.94. The molecule has 3 aromatic rings. The molecule has 0 heterocycles. The molecule has 0 atom stereocenters. The summed E-state index contributed by atoms with van der Waals surface area (Å²) in [7, 11) is 0. The van der Waals surface area contributed by atoms with Crippen molar-refractivity contribution in [3.8, 4) is 22.3 Å². The van der Waals surface area contributed by atoms with Crippen LogP contribution in [-0.2, 0) is 6.42 Å². The minimum atomic E-state index is 1.05. The van der Waals surface area contributed by atoms with Gasteiger partial charge >= 0.3 is 0 Å². The number of fused-ring (bicyclic) bond motifs is 3. The summed E-state index contributed by atoms with van der Waals surface area (Å²) < 4.78 is 0. The lowest BCUT2D eigenvalue weighted by molar-refractivity contribution is 1.26. The summed E-state index contributed by atoms with van der Waals surface area (Å²) in [4.78, 5) is 1.35. The molecule has 0 unspecified atom stereocenters.